The second-order valence-electron chi connectivity index (χ2n) is 4.62. The molecule has 0 aromatic rings. The van der Waals surface area contributed by atoms with Crippen LogP contribution in [0.3, 0.4) is 0 Å². The van der Waals surface area contributed by atoms with E-state index in [1.54, 1.807) is 14.2 Å². The SMILES string of the molecule is COCCC(C)(C)S.COCCC(C)CS. The minimum atomic E-state index is 0.121. The summed E-state index contributed by atoms with van der Waals surface area (Å²) in [5.41, 5.74) is 0. The average Bonchev–Trinajstić information content (AvgIpc) is 2.22. The number of ether oxygens (including phenoxy) is 2. The fourth-order valence-electron chi connectivity index (χ4n) is 0.762. The Bertz CT molecular complexity index is 135. The van der Waals surface area contributed by atoms with E-state index in [1.165, 1.54) is 0 Å². The Labute approximate surface area is 112 Å². The zero-order valence-electron chi connectivity index (χ0n) is 11.3. The summed E-state index contributed by atoms with van der Waals surface area (Å²) in [5, 5.41) is 0. The van der Waals surface area contributed by atoms with Crippen molar-refractivity contribution >= 4 is 25.3 Å². The molecule has 4 heteroatoms. The fourth-order valence-corrected chi connectivity index (χ4v) is 1.04. The number of thiol groups is 2. The van der Waals surface area contributed by atoms with E-state index in [4.69, 9.17) is 9.47 Å². The molecule has 0 N–H and O–H groups in total. The zero-order valence-corrected chi connectivity index (χ0v) is 13.1. The van der Waals surface area contributed by atoms with Crippen LogP contribution in [0, 0.1) is 5.92 Å². The summed E-state index contributed by atoms with van der Waals surface area (Å²) in [7, 11) is 3.44. The molecule has 100 valence electrons. The van der Waals surface area contributed by atoms with Crippen LogP contribution in [0.15, 0.2) is 0 Å². The Balaban J connectivity index is 0. The summed E-state index contributed by atoms with van der Waals surface area (Å²) >= 11 is 8.44. The van der Waals surface area contributed by atoms with Gasteiger partial charge in [-0.2, -0.15) is 25.3 Å². The molecule has 1 atom stereocenters. The lowest BCUT2D eigenvalue weighted by Crippen LogP contribution is -2.12. The molecular formula is C12H28O2S2. The second-order valence-corrected chi connectivity index (χ2v) is 6.20. The average molecular weight is 268 g/mol. The fraction of sp³-hybridized carbons (Fsp3) is 1.00. The highest BCUT2D eigenvalue weighted by Crippen LogP contribution is 2.15. The van der Waals surface area contributed by atoms with Gasteiger partial charge in [0.05, 0.1) is 0 Å². The summed E-state index contributed by atoms with van der Waals surface area (Å²) in [6.45, 7) is 7.99. The minimum Gasteiger partial charge on any atom is -0.385 e. The first kappa shape index (κ1) is 19.0. The van der Waals surface area contributed by atoms with Crippen LogP contribution in [-0.2, 0) is 9.47 Å². The molecule has 16 heavy (non-hydrogen) atoms. The number of rotatable bonds is 7. The van der Waals surface area contributed by atoms with Crippen molar-refractivity contribution in [2.24, 2.45) is 5.92 Å². The van der Waals surface area contributed by atoms with Crippen LogP contribution >= 0.6 is 25.3 Å². The molecule has 0 aliphatic heterocycles. The monoisotopic (exact) mass is 268 g/mol. The topological polar surface area (TPSA) is 18.5 Å². The van der Waals surface area contributed by atoms with Gasteiger partial charge in [-0.05, 0) is 24.5 Å². The van der Waals surface area contributed by atoms with E-state index < -0.39 is 0 Å². The van der Waals surface area contributed by atoms with Gasteiger partial charge >= 0.3 is 0 Å². The Morgan fingerprint density at radius 1 is 1.12 bits per heavy atom. The maximum atomic E-state index is 4.88. The Hall–Kier alpha value is 0.620. The van der Waals surface area contributed by atoms with Gasteiger partial charge in [0, 0.05) is 32.2 Å². The molecule has 0 amide bonds. The third kappa shape index (κ3) is 20.1. The Morgan fingerprint density at radius 2 is 1.62 bits per heavy atom. The Kier molecular flexibility index (Phi) is 14.3. The molecule has 0 saturated carbocycles. The van der Waals surface area contributed by atoms with E-state index in [-0.39, 0.29) is 4.75 Å². The molecule has 0 fully saturated rings. The van der Waals surface area contributed by atoms with Gasteiger partial charge in [-0.3, -0.25) is 0 Å². The maximum Gasteiger partial charge on any atom is 0.0475 e. The minimum absolute atomic E-state index is 0.121. The largest absolute Gasteiger partial charge is 0.385 e. The quantitative estimate of drug-likeness (QED) is 0.690. The molecule has 0 spiro atoms. The van der Waals surface area contributed by atoms with Crippen LogP contribution in [0.5, 0.6) is 0 Å². The highest BCUT2D eigenvalue weighted by molar-refractivity contribution is 7.81. The lowest BCUT2D eigenvalue weighted by Gasteiger charge is -2.15. The van der Waals surface area contributed by atoms with E-state index in [0.717, 1.165) is 31.8 Å². The summed E-state index contributed by atoms with van der Waals surface area (Å²) in [4.78, 5) is 0. The van der Waals surface area contributed by atoms with Crippen LogP contribution in [0.4, 0.5) is 0 Å². The predicted octanol–water partition coefficient (Wildman–Crippen LogP) is 3.32. The van der Waals surface area contributed by atoms with Crippen molar-refractivity contribution in [2.75, 3.05) is 33.2 Å². The van der Waals surface area contributed by atoms with Crippen molar-refractivity contribution in [3.63, 3.8) is 0 Å². The molecule has 0 bridgehead atoms. The van der Waals surface area contributed by atoms with Crippen molar-refractivity contribution in [3.05, 3.63) is 0 Å². The van der Waals surface area contributed by atoms with E-state index in [1.807, 2.05) is 0 Å². The smallest absolute Gasteiger partial charge is 0.0475 e. The lowest BCUT2D eigenvalue weighted by atomic mass is 10.1. The lowest BCUT2D eigenvalue weighted by molar-refractivity contribution is 0.183. The van der Waals surface area contributed by atoms with Crippen LogP contribution in [-0.4, -0.2) is 37.9 Å². The summed E-state index contributed by atoms with van der Waals surface area (Å²) < 4.78 is 9.87. The van der Waals surface area contributed by atoms with Gasteiger partial charge in [-0.15, -0.1) is 0 Å². The van der Waals surface area contributed by atoms with Crippen molar-refractivity contribution in [1.29, 1.82) is 0 Å². The highest BCUT2D eigenvalue weighted by Gasteiger charge is 2.09. The standard InChI is InChI=1S/2C6H14OS/c1-6(2,8)4-5-7-3;1-6(5-8)3-4-7-2/h8H,4-5H2,1-3H3;6,8H,3-5H2,1-2H3. The molecular weight excluding hydrogens is 240 g/mol. The molecule has 0 radical (unpaired) electrons. The number of methoxy groups -OCH3 is 2. The van der Waals surface area contributed by atoms with Crippen LogP contribution in [0.2, 0.25) is 0 Å². The second kappa shape index (κ2) is 12.1. The van der Waals surface area contributed by atoms with Gasteiger partial charge in [-0.25, -0.2) is 0 Å². The van der Waals surface area contributed by atoms with Crippen molar-refractivity contribution in [1.82, 2.24) is 0 Å². The number of hydrogen-bond donors (Lipinski definition) is 2. The van der Waals surface area contributed by atoms with Crippen LogP contribution in [0.1, 0.15) is 33.6 Å². The van der Waals surface area contributed by atoms with E-state index in [0.29, 0.717) is 5.92 Å². The molecule has 0 heterocycles. The van der Waals surface area contributed by atoms with Gasteiger partial charge in [0.1, 0.15) is 0 Å². The van der Waals surface area contributed by atoms with E-state index >= 15 is 0 Å². The van der Waals surface area contributed by atoms with Gasteiger partial charge in [0.15, 0.2) is 0 Å². The predicted molar refractivity (Wildman–Crippen MR) is 79.1 cm³/mol. The molecule has 0 aliphatic rings. The Morgan fingerprint density at radius 3 is 1.88 bits per heavy atom. The van der Waals surface area contributed by atoms with Gasteiger partial charge in [0.25, 0.3) is 0 Å². The molecule has 1 unspecified atom stereocenters. The van der Waals surface area contributed by atoms with Gasteiger partial charge in [-0.1, -0.05) is 20.8 Å². The zero-order chi connectivity index (χ0) is 13.0. The highest BCUT2D eigenvalue weighted by atomic mass is 32.1. The third-order valence-electron chi connectivity index (χ3n) is 2.04. The van der Waals surface area contributed by atoms with Crippen molar-refractivity contribution in [3.8, 4) is 0 Å². The van der Waals surface area contributed by atoms with Crippen molar-refractivity contribution < 1.29 is 9.47 Å². The molecule has 0 aliphatic carbocycles. The van der Waals surface area contributed by atoms with Gasteiger partial charge in [0.2, 0.25) is 0 Å². The molecule has 0 saturated heterocycles. The molecule has 0 aromatic heterocycles. The summed E-state index contributed by atoms with van der Waals surface area (Å²) in [6.07, 6.45) is 2.13. The van der Waals surface area contributed by atoms with Crippen molar-refractivity contribution in [2.45, 2.75) is 38.4 Å². The van der Waals surface area contributed by atoms with Crippen LogP contribution in [0.25, 0.3) is 0 Å². The first-order chi connectivity index (χ1) is 7.37. The number of hydrogen-bond acceptors (Lipinski definition) is 4. The molecule has 2 nitrogen and oxygen atoms in total. The van der Waals surface area contributed by atoms with E-state index in [2.05, 4.69) is 46.0 Å². The third-order valence-corrected chi connectivity index (χ3v) is 2.89. The first-order valence-corrected chi connectivity index (χ1v) is 6.76. The van der Waals surface area contributed by atoms with Crippen LogP contribution < -0.4 is 0 Å². The first-order valence-electron chi connectivity index (χ1n) is 5.68. The summed E-state index contributed by atoms with van der Waals surface area (Å²) in [5.74, 6) is 1.65. The molecule has 0 aromatic carbocycles. The van der Waals surface area contributed by atoms with E-state index in [9.17, 15) is 0 Å². The maximum absolute atomic E-state index is 4.88. The molecule has 0 rings (SSSR count). The normalized spacial score (nSPS) is 12.9. The summed E-state index contributed by atoms with van der Waals surface area (Å²) in [6, 6.07) is 0. The van der Waals surface area contributed by atoms with Gasteiger partial charge < -0.3 is 9.47 Å².